The van der Waals surface area contributed by atoms with Gasteiger partial charge in [0, 0.05) is 25.2 Å². The lowest BCUT2D eigenvalue weighted by Crippen LogP contribution is -2.56. The van der Waals surface area contributed by atoms with E-state index in [0.29, 0.717) is 31.0 Å². The summed E-state index contributed by atoms with van der Waals surface area (Å²) < 4.78 is 0. The van der Waals surface area contributed by atoms with Crippen molar-refractivity contribution in [2.24, 2.45) is 23.5 Å². The Labute approximate surface area is 131 Å². The van der Waals surface area contributed by atoms with Crippen molar-refractivity contribution >= 4 is 24.2 Å². The summed E-state index contributed by atoms with van der Waals surface area (Å²) in [6.45, 7) is 1.68. The van der Waals surface area contributed by atoms with Gasteiger partial charge in [-0.05, 0) is 43.9 Å². The predicted molar refractivity (Wildman–Crippen MR) is 80.9 cm³/mol. The molecule has 4 atom stereocenters. The summed E-state index contributed by atoms with van der Waals surface area (Å²) in [7, 11) is 0. The molecule has 0 aromatic rings. The molecule has 5 nitrogen and oxygen atoms in total. The fraction of sp³-hybridized carbons (Fsp3) is 0.867. The van der Waals surface area contributed by atoms with E-state index in [1.165, 1.54) is 6.42 Å². The smallest absolute Gasteiger partial charge is 0.242 e. The quantitative estimate of drug-likeness (QED) is 0.812. The van der Waals surface area contributed by atoms with Gasteiger partial charge in [0.25, 0.3) is 0 Å². The third kappa shape index (κ3) is 2.44. The number of fused-ring (bicyclic) bond motifs is 2. The summed E-state index contributed by atoms with van der Waals surface area (Å²) in [5, 5.41) is 0. The highest BCUT2D eigenvalue weighted by Gasteiger charge is 2.50. The topological polar surface area (TPSA) is 66.6 Å². The molecule has 3 saturated carbocycles. The molecule has 2 bridgehead atoms. The van der Waals surface area contributed by atoms with Crippen molar-refractivity contribution in [3.63, 3.8) is 0 Å². The molecule has 21 heavy (non-hydrogen) atoms. The minimum Gasteiger partial charge on any atom is -0.336 e. The van der Waals surface area contributed by atoms with Crippen molar-refractivity contribution < 1.29 is 9.59 Å². The Morgan fingerprint density at radius 1 is 1.10 bits per heavy atom. The first-order valence-corrected chi connectivity index (χ1v) is 7.99. The number of nitrogens with two attached hydrogens (primary N) is 1. The number of carbonyl (C=O) groups excluding carboxylic acids is 2. The monoisotopic (exact) mass is 313 g/mol. The highest BCUT2D eigenvalue weighted by molar-refractivity contribution is 5.88. The van der Waals surface area contributed by atoms with Gasteiger partial charge in [-0.3, -0.25) is 9.59 Å². The van der Waals surface area contributed by atoms with E-state index >= 15 is 0 Å². The molecule has 118 valence electrons. The van der Waals surface area contributed by atoms with Gasteiger partial charge in [-0.2, -0.15) is 0 Å². The van der Waals surface area contributed by atoms with Crippen LogP contribution in [0.15, 0.2) is 0 Å². The summed E-state index contributed by atoms with van der Waals surface area (Å²) in [4.78, 5) is 28.6. The van der Waals surface area contributed by atoms with Crippen LogP contribution in [0.1, 0.15) is 32.1 Å². The third-order valence-corrected chi connectivity index (χ3v) is 5.82. The first-order valence-electron chi connectivity index (χ1n) is 7.99. The number of amides is 2. The lowest BCUT2D eigenvalue weighted by Gasteiger charge is -2.38. The van der Waals surface area contributed by atoms with Crippen molar-refractivity contribution in [3.05, 3.63) is 0 Å². The molecular formula is C15H24ClN3O2. The molecule has 3 aliphatic carbocycles. The summed E-state index contributed by atoms with van der Waals surface area (Å²) in [6.07, 6.45) is 5.72. The van der Waals surface area contributed by atoms with E-state index in [-0.39, 0.29) is 42.7 Å². The Morgan fingerprint density at radius 2 is 1.81 bits per heavy atom. The van der Waals surface area contributed by atoms with Crippen molar-refractivity contribution in [1.82, 2.24) is 9.80 Å². The SMILES string of the molecule is Cl.NC1C2CCC(C2)C1C(=O)N1CCN(C2CC2)C(=O)C1. The standard InChI is InChI=1S/C15H23N3O2.ClH/c16-14-10-2-1-9(7-10)13(14)15(20)17-5-6-18(11-3-4-11)12(19)8-17;/h9-11,13-14H,1-8,16H2;1H. The van der Waals surface area contributed by atoms with Gasteiger partial charge in [0.05, 0.1) is 12.5 Å². The number of nitrogens with zero attached hydrogens (tertiary/aromatic N) is 2. The number of piperazine rings is 1. The van der Waals surface area contributed by atoms with Gasteiger partial charge in [0.2, 0.25) is 11.8 Å². The fourth-order valence-electron chi connectivity index (χ4n) is 4.56. The molecule has 2 N–H and O–H groups in total. The summed E-state index contributed by atoms with van der Waals surface area (Å²) in [5.74, 6) is 1.27. The second-order valence-corrected chi connectivity index (χ2v) is 7.01. The second kappa shape index (κ2) is 5.43. The van der Waals surface area contributed by atoms with Gasteiger partial charge in [-0.15, -0.1) is 12.4 Å². The number of hydrogen-bond acceptors (Lipinski definition) is 3. The van der Waals surface area contributed by atoms with E-state index in [2.05, 4.69) is 0 Å². The fourth-order valence-corrected chi connectivity index (χ4v) is 4.56. The van der Waals surface area contributed by atoms with Gasteiger partial charge in [-0.25, -0.2) is 0 Å². The summed E-state index contributed by atoms with van der Waals surface area (Å²) >= 11 is 0. The minimum absolute atomic E-state index is 0. The Morgan fingerprint density at radius 3 is 2.38 bits per heavy atom. The Bertz CT molecular complexity index is 452. The molecule has 1 heterocycles. The van der Waals surface area contributed by atoms with Gasteiger partial charge < -0.3 is 15.5 Å². The van der Waals surface area contributed by atoms with Crippen LogP contribution in [0.25, 0.3) is 0 Å². The molecule has 0 spiro atoms. The average molecular weight is 314 g/mol. The minimum atomic E-state index is -0.0194. The largest absolute Gasteiger partial charge is 0.336 e. The van der Waals surface area contributed by atoms with Crippen LogP contribution in [-0.4, -0.2) is 53.3 Å². The molecule has 4 rings (SSSR count). The van der Waals surface area contributed by atoms with Crippen LogP contribution in [0.5, 0.6) is 0 Å². The molecule has 0 aromatic carbocycles. The third-order valence-electron chi connectivity index (χ3n) is 5.82. The van der Waals surface area contributed by atoms with Gasteiger partial charge >= 0.3 is 0 Å². The molecular weight excluding hydrogens is 290 g/mol. The van der Waals surface area contributed by atoms with Crippen molar-refractivity contribution in [2.75, 3.05) is 19.6 Å². The van der Waals surface area contributed by atoms with E-state index in [9.17, 15) is 9.59 Å². The van der Waals surface area contributed by atoms with E-state index in [1.807, 2.05) is 4.90 Å². The highest BCUT2D eigenvalue weighted by atomic mass is 35.5. The zero-order valence-corrected chi connectivity index (χ0v) is 13.1. The predicted octanol–water partition coefficient (Wildman–Crippen LogP) is 0.615. The molecule has 2 amide bonds. The molecule has 1 saturated heterocycles. The molecule has 4 aliphatic rings. The van der Waals surface area contributed by atoms with Crippen LogP contribution < -0.4 is 5.73 Å². The zero-order chi connectivity index (χ0) is 13.9. The Kier molecular flexibility index (Phi) is 3.91. The number of halogens is 1. The maximum absolute atomic E-state index is 12.7. The maximum Gasteiger partial charge on any atom is 0.242 e. The molecule has 0 aromatic heterocycles. The molecule has 0 radical (unpaired) electrons. The van der Waals surface area contributed by atoms with E-state index < -0.39 is 0 Å². The zero-order valence-electron chi connectivity index (χ0n) is 12.2. The van der Waals surface area contributed by atoms with Crippen molar-refractivity contribution in [2.45, 2.75) is 44.2 Å². The molecule has 4 unspecified atom stereocenters. The Hall–Kier alpha value is -0.810. The average Bonchev–Trinajstić information content (AvgIpc) is 3.09. The van der Waals surface area contributed by atoms with E-state index in [4.69, 9.17) is 5.73 Å². The highest BCUT2D eigenvalue weighted by Crippen LogP contribution is 2.48. The first kappa shape index (κ1) is 15.1. The van der Waals surface area contributed by atoms with Gasteiger partial charge in [0.15, 0.2) is 0 Å². The number of carbonyl (C=O) groups is 2. The van der Waals surface area contributed by atoms with Crippen molar-refractivity contribution in [1.29, 1.82) is 0 Å². The van der Waals surface area contributed by atoms with Crippen LogP contribution >= 0.6 is 12.4 Å². The van der Waals surface area contributed by atoms with E-state index in [0.717, 1.165) is 25.7 Å². The lowest BCUT2D eigenvalue weighted by atomic mass is 9.84. The molecule has 4 fully saturated rings. The van der Waals surface area contributed by atoms with Crippen molar-refractivity contribution in [3.8, 4) is 0 Å². The van der Waals surface area contributed by atoms with Crippen LogP contribution in [0.3, 0.4) is 0 Å². The van der Waals surface area contributed by atoms with Crippen LogP contribution in [0.2, 0.25) is 0 Å². The van der Waals surface area contributed by atoms with Crippen LogP contribution in [-0.2, 0) is 9.59 Å². The van der Waals surface area contributed by atoms with Crippen LogP contribution in [0.4, 0.5) is 0 Å². The Balaban J connectivity index is 0.00000132. The van der Waals surface area contributed by atoms with Gasteiger partial charge in [0.1, 0.15) is 0 Å². The van der Waals surface area contributed by atoms with Gasteiger partial charge in [-0.1, -0.05) is 0 Å². The number of rotatable bonds is 2. The normalized spacial score (nSPS) is 38.6. The summed E-state index contributed by atoms with van der Waals surface area (Å²) in [5.41, 5.74) is 6.25. The lowest BCUT2D eigenvalue weighted by molar-refractivity contribution is -0.149. The van der Waals surface area contributed by atoms with Crippen LogP contribution in [0, 0.1) is 17.8 Å². The number of hydrogen-bond donors (Lipinski definition) is 1. The summed E-state index contributed by atoms with van der Waals surface area (Å²) in [6, 6.07) is 0.488. The second-order valence-electron chi connectivity index (χ2n) is 7.01. The maximum atomic E-state index is 12.7. The molecule has 1 aliphatic heterocycles. The van der Waals surface area contributed by atoms with E-state index in [1.54, 1.807) is 4.90 Å². The first-order chi connectivity index (χ1) is 9.65. The molecule has 6 heteroatoms.